The van der Waals surface area contributed by atoms with Gasteiger partial charge < -0.3 is 9.52 Å². The largest absolute Gasteiger partial charge is 0.419 e. The summed E-state index contributed by atoms with van der Waals surface area (Å²) in [7, 11) is 0. The lowest BCUT2D eigenvalue weighted by Crippen LogP contribution is -2.28. The Kier molecular flexibility index (Phi) is 3.66. The summed E-state index contributed by atoms with van der Waals surface area (Å²) in [5, 5.41) is 10.8. The van der Waals surface area contributed by atoms with Crippen LogP contribution in [0.2, 0.25) is 0 Å². The van der Waals surface area contributed by atoms with Crippen molar-refractivity contribution >= 4 is 11.1 Å². The average Bonchev–Trinajstić information content (AvgIpc) is 2.81. The first kappa shape index (κ1) is 14.4. The first-order valence-electron chi connectivity index (χ1n) is 7.86. The van der Waals surface area contributed by atoms with E-state index in [2.05, 4.69) is 6.92 Å². The molecular formula is C17H23NO3. The van der Waals surface area contributed by atoms with E-state index in [1.54, 1.807) is 4.57 Å². The number of oxazole rings is 1. The lowest BCUT2D eigenvalue weighted by Gasteiger charge is -2.38. The minimum atomic E-state index is -0.502. The van der Waals surface area contributed by atoms with E-state index < -0.39 is 6.10 Å². The van der Waals surface area contributed by atoms with Gasteiger partial charge in [0.15, 0.2) is 5.58 Å². The first-order chi connectivity index (χ1) is 10.0. The molecule has 1 unspecified atom stereocenters. The maximum Gasteiger partial charge on any atom is 0.419 e. The van der Waals surface area contributed by atoms with E-state index in [0.29, 0.717) is 12.1 Å². The summed E-state index contributed by atoms with van der Waals surface area (Å²) in [5.41, 5.74) is 2.15. The van der Waals surface area contributed by atoms with Crippen LogP contribution >= 0.6 is 0 Å². The zero-order chi connectivity index (χ0) is 15.0. The normalized spacial score (nSPS) is 19.8. The van der Waals surface area contributed by atoms with Crippen LogP contribution in [0.15, 0.2) is 27.4 Å². The number of benzene rings is 1. The van der Waals surface area contributed by atoms with Gasteiger partial charge in [0.05, 0.1) is 11.6 Å². The molecule has 1 aromatic carbocycles. The zero-order valence-electron chi connectivity index (χ0n) is 12.8. The first-order valence-corrected chi connectivity index (χ1v) is 7.86. The summed E-state index contributed by atoms with van der Waals surface area (Å²) in [6.07, 6.45) is 5.21. The third kappa shape index (κ3) is 2.42. The summed E-state index contributed by atoms with van der Waals surface area (Å²) in [5.74, 6) is -0.331. The van der Waals surface area contributed by atoms with Crippen LogP contribution in [0.3, 0.4) is 0 Å². The van der Waals surface area contributed by atoms with Crippen molar-refractivity contribution in [3.05, 3.63) is 34.3 Å². The predicted octanol–water partition coefficient (Wildman–Crippen LogP) is 3.62. The van der Waals surface area contributed by atoms with Gasteiger partial charge in [-0.15, -0.1) is 0 Å². The summed E-state index contributed by atoms with van der Waals surface area (Å²) >= 11 is 0. The van der Waals surface area contributed by atoms with Crippen molar-refractivity contribution in [2.45, 2.75) is 58.6 Å². The van der Waals surface area contributed by atoms with Crippen molar-refractivity contribution < 1.29 is 9.52 Å². The van der Waals surface area contributed by atoms with Gasteiger partial charge >= 0.3 is 5.76 Å². The zero-order valence-corrected chi connectivity index (χ0v) is 12.8. The standard InChI is InChI=1S/C17H23NO3/c1-3-18-13-8-7-12(11-14(13)21-16(18)20)15(19)17(2)9-5-4-6-10-17/h7-8,11,15,19H,3-6,9-10H2,1-2H3. The van der Waals surface area contributed by atoms with Crippen LogP contribution in [-0.4, -0.2) is 9.67 Å². The molecule has 1 aliphatic carbocycles. The van der Waals surface area contributed by atoms with Gasteiger partial charge in [-0.25, -0.2) is 4.79 Å². The summed E-state index contributed by atoms with van der Waals surface area (Å²) in [6, 6.07) is 5.63. The topological polar surface area (TPSA) is 55.4 Å². The Morgan fingerprint density at radius 3 is 2.71 bits per heavy atom. The highest BCUT2D eigenvalue weighted by Crippen LogP contribution is 2.45. The average molecular weight is 289 g/mol. The van der Waals surface area contributed by atoms with Crippen LogP contribution in [0.1, 0.15) is 57.6 Å². The maximum atomic E-state index is 11.7. The summed E-state index contributed by atoms with van der Waals surface area (Å²) in [4.78, 5) is 11.7. The minimum absolute atomic E-state index is 0.0699. The Bertz CT molecular complexity index is 692. The number of aliphatic hydroxyl groups excluding tert-OH is 1. The number of nitrogens with zero attached hydrogens (tertiary/aromatic N) is 1. The van der Waals surface area contributed by atoms with Gasteiger partial charge in [-0.05, 0) is 42.9 Å². The van der Waals surface area contributed by atoms with Crippen molar-refractivity contribution in [3.8, 4) is 0 Å². The fraction of sp³-hybridized carbons (Fsp3) is 0.588. The fourth-order valence-electron chi connectivity index (χ4n) is 3.59. The van der Waals surface area contributed by atoms with E-state index >= 15 is 0 Å². The van der Waals surface area contributed by atoms with Crippen LogP contribution in [0.5, 0.6) is 0 Å². The van der Waals surface area contributed by atoms with E-state index in [0.717, 1.165) is 23.9 Å². The molecule has 4 nitrogen and oxygen atoms in total. The molecule has 4 heteroatoms. The molecule has 3 rings (SSSR count). The lowest BCUT2D eigenvalue weighted by molar-refractivity contribution is 0.00823. The number of hydrogen-bond donors (Lipinski definition) is 1. The van der Waals surface area contributed by atoms with Crippen molar-refractivity contribution in [2.24, 2.45) is 5.41 Å². The number of aryl methyl sites for hydroxylation is 1. The second-order valence-corrected chi connectivity index (χ2v) is 6.46. The second-order valence-electron chi connectivity index (χ2n) is 6.46. The molecule has 1 heterocycles. The Hall–Kier alpha value is -1.55. The van der Waals surface area contributed by atoms with Crippen LogP contribution in [0.4, 0.5) is 0 Å². The molecule has 1 saturated carbocycles. The molecule has 1 aromatic heterocycles. The Labute approximate surface area is 124 Å². The summed E-state index contributed by atoms with van der Waals surface area (Å²) < 4.78 is 6.90. The highest BCUT2D eigenvalue weighted by atomic mass is 16.4. The van der Waals surface area contributed by atoms with Gasteiger partial charge in [-0.3, -0.25) is 4.57 Å². The SMILES string of the molecule is CCn1c(=O)oc2cc(C(O)C3(C)CCCCC3)ccc21. The monoisotopic (exact) mass is 289 g/mol. The highest BCUT2D eigenvalue weighted by molar-refractivity contribution is 5.73. The molecule has 114 valence electrons. The smallest absolute Gasteiger partial charge is 0.408 e. The van der Waals surface area contributed by atoms with Gasteiger partial charge in [0.25, 0.3) is 0 Å². The molecule has 1 atom stereocenters. The fourth-order valence-corrected chi connectivity index (χ4v) is 3.59. The quantitative estimate of drug-likeness (QED) is 0.939. The minimum Gasteiger partial charge on any atom is -0.408 e. The summed E-state index contributed by atoms with van der Waals surface area (Å²) in [6.45, 7) is 4.67. The van der Waals surface area contributed by atoms with Crippen LogP contribution in [0, 0.1) is 5.41 Å². The number of aliphatic hydroxyl groups is 1. The predicted molar refractivity (Wildman–Crippen MR) is 82.3 cm³/mol. The van der Waals surface area contributed by atoms with Crippen LogP contribution in [-0.2, 0) is 6.54 Å². The number of hydrogen-bond acceptors (Lipinski definition) is 3. The van der Waals surface area contributed by atoms with E-state index in [1.165, 1.54) is 19.3 Å². The molecule has 0 saturated heterocycles. The van der Waals surface area contributed by atoms with Crippen LogP contribution < -0.4 is 5.76 Å². The molecule has 1 aliphatic rings. The molecule has 1 N–H and O–H groups in total. The van der Waals surface area contributed by atoms with Crippen molar-refractivity contribution in [1.29, 1.82) is 0 Å². The van der Waals surface area contributed by atoms with Crippen molar-refractivity contribution in [1.82, 2.24) is 4.57 Å². The molecule has 0 amide bonds. The van der Waals surface area contributed by atoms with E-state index in [-0.39, 0.29) is 11.2 Å². The lowest BCUT2D eigenvalue weighted by atomic mass is 9.70. The highest BCUT2D eigenvalue weighted by Gasteiger charge is 2.35. The molecule has 21 heavy (non-hydrogen) atoms. The molecule has 1 fully saturated rings. The van der Waals surface area contributed by atoms with Crippen LogP contribution in [0.25, 0.3) is 11.1 Å². The Morgan fingerprint density at radius 2 is 2.05 bits per heavy atom. The molecule has 0 radical (unpaired) electrons. The molecule has 0 spiro atoms. The van der Waals surface area contributed by atoms with Gasteiger partial charge in [0, 0.05) is 6.54 Å². The van der Waals surface area contributed by atoms with E-state index in [9.17, 15) is 9.90 Å². The molecular weight excluding hydrogens is 266 g/mol. The van der Waals surface area contributed by atoms with E-state index in [4.69, 9.17) is 4.42 Å². The van der Waals surface area contributed by atoms with Gasteiger partial charge in [0.2, 0.25) is 0 Å². The Morgan fingerprint density at radius 1 is 1.33 bits per heavy atom. The van der Waals surface area contributed by atoms with Gasteiger partial charge in [-0.1, -0.05) is 32.3 Å². The third-order valence-corrected chi connectivity index (χ3v) is 4.98. The Balaban J connectivity index is 1.99. The van der Waals surface area contributed by atoms with Gasteiger partial charge in [-0.2, -0.15) is 0 Å². The third-order valence-electron chi connectivity index (χ3n) is 4.98. The number of fused-ring (bicyclic) bond motifs is 1. The molecule has 0 bridgehead atoms. The van der Waals surface area contributed by atoms with Crippen molar-refractivity contribution in [3.63, 3.8) is 0 Å². The number of aromatic nitrogens is 1. The number of rotatable bonds is 3. The van der Waals surface area contributed by atoms with Gasteiger partial charge in [0.1, 0.15) is 0 Å². The molecule has 0 aliphatic heterocycles. The second kappa shape index (κ2) is 5.34. The van der Waals surface area contributed by atoms with Crippen molar-refractivity contribution in [2.75, 3.05) is 0 Å². The van der Waals surface area contributed by atoms with E-state index in [1.807, 2.05) is 25.1 Å². The molecule has 2 aromatic rings. The maximum absolute atomic E-state index is 11.7.